The maximum absolute atomic E-state index is 6.74. The van der Waals surface area contributed by atoms with E-state index in [4.69, 9.17) is 4.42 Å². The summed E-state index contributed by atoms with van der Waals surface area (Å²) in [4.78, 5) is 7.71. The Kier molecular flexibility index (Phi) is 9.75. The summed E-state index contributed by atoms with van der Waals surface area (Å²) in [6.07, 6.45) is 3.45. The highest BCUT2D eigenvalue weighted by molar-refractivity contribution is 7.00. The number of anilines is 9. The van der Waals surface area contributed by atoms with Gasteiger partial charge in [-0.15, -0.1) is 0 Å². The van der Waals surface area contributed by atoms with Gasteiger partial charge < -0.3 is 19.1 Å². The molecular weight excluding hydrogens is 886 g/mol. The first kappa shape index (κ1) is 45.9. The van der Waals surface area contributed by atoms with Crippen molar-refractivity contribution in [2.45, 2.75) is 129 Å². The first-order valence-corrected chi connectivity index (χ1v) is 26.8. The van der Waals surface area contributed by atoms with E-state index in [0.717, 1.165) is 57.5 Å². The maximum Gasteiger partial charge on any atom is 0.252 e. The summed E-state index contributed by atoms with van der Waals surface area (Å²) in [6, 6.07) is 59.9. The van der Waals surface area contributed by atoms with E-state index in [1.807, 2.05) is 0 Å². The summed E-state index contributed by atoms with van der Waals surface area (Å²) < 4.78 is 6.74. The largest absolute Gasteiger partial charge is 0.456 e. The normalized spacial score (nSPS) is 17.5. The second-order valence-corrected chi connectivity index (χ2v) is 25.7. The summed E-state index contributed by atoms with van der Waals surface area (Å²) in [5.41, 5.74) is 25.0. The Bertz CT molecular complexity index is 3700. The molecule has 0 amide bonds. The van der Waals surface area contributed by atoms with Gasteiger partial charge in [0.1, 0.15) is 11.2 Å². The molecule has 4 nitrogen and oxygen atoms in total. The summed E-state index contributed by atoms with van der Waals surface area (Å²) >= 11 is 0. The predicted molar refractivity (Wildman–Crippen MR) is 312 cm³/mol. The molecule has 0 unspecified atom stereocenters. The molecular formula is C68H68BN3O. The molecule has 2 aliphatic heterocycles. The Morgan fingerprint density at radius 3 is 1.67 bits per heavy atom. The molecule has 73 heavy (non-hydrogen) atoms. The van der Waals surface area contributed by atoms with E-state index in [2.05, 4.69) is 256 Å². The van der Waals surface area contributed by atoms with Gasteiger partial charge in [0.15, 0.2) is 0 Å². The number of hydrogen-bond acceptors (Lipinski definition) is 4. The molecule has 364 valence electrons. The van der Waals surface area contributed by atoms with Crippen molar-refractivity contribution in [2.24, 2.45) is 0 Å². The number of para-hydroxylation sites is 3. The zero-order chi connectivity index (χ0) is 50.7. The van der Waals surface area contributed by atoms with Gasteiger partial charge in [-0.25, -0.2) is 0 Å². The fraction of sp³-hybridized carbons (Fsp3) is 0.294. The van der Waals surface area contributed by atoms with Crippen molar-refractivity contribution >= 4 is 96.2 Å². The molecule has 0 fully saturated rings. The third-order valence-electron chi connectivity index (χ3n) is 17.7. The number of rotatable bonds is 5. The Morgan fingerprint density at radius 2 is 1.01 bits per heavy atom. The smallest absolute Gasteiger partial charge is 0.252 e. The summed E-state index contributed by atoms with van der Waals surface area (Å²) in [5.74, 6) is 0. The molecule has 3 heterocycles. The molecule has 2 aliphatic carbocycles. The predicted octanol–water partition coefficient (Wildman–Crippen LogP) is 17.1. The summed E-state index contributed by atoms with van der Waals surface area (Å²) in [6.45, 7) is 29.2. The van der Waals surface area contributed by atoms with Crippen molar-refractivity contribution in [1.82, 2.24) is 0 Å². The molecule has 0 N–H and O–H groups in total. The van der Waals surface area contributed by atoms with Gasteiger partial charge in [0.2, 0.25) is 0 Å². The molecule has 8 aromatic carbocycles. The van der Waals surface area contributed by atoms with Crippen molar-refractivity contribution in [1.29, 1.82) is 0 Å². The zero-order valence-electron chi connectivity index (χ0n) is 45.0. The molecule has 13 rings (SSSR count). The average Bonchev–Trinajstić information content (AvgIpc) is 3.81. The molecule has 9 aromatic rings. The second-order valence-electron chi connectivity index (χ2n) is 25.7. The average molecular weight is 954 g/mol. The van der Waals surface area contributed by atoms with Crippen molar-refractivity contribution < 1.29 is 4.42 Å². The van der Waals surface area contributed by atoms with Crippen LogP contribution in [0.25, 0.3) is 21.9 Å². The minimum absolute atomic E-state index is 0.0104. The van der Waals surface area contributed by atoms with Crippen molar-refractivity contribution in [3.05, 3.63) is 191 Å². The van der Waals surface area contributed by atoms with Crippen molar-refractivity contribution in [3.8, 4) is 0 Å². The summed E-state index contributed by atoms with van der Waals surface area (Å²) in [5, 5.41) is 2.26. The monoisotopic (exact) mass is 954 g/mol. The highest BCUT2D eigenvalue weighted by atomic mass is 16.3. The Balaban J connectivity index is 1.16. The molecule has 0 atom stereocenters. The molecule has 0 bridgehead atoms. The van der Waals surface area contributed by atoms with Gasteiger partial charge in [-0.2, -0.15) is 0 Å². The number of nitrogens with zero attached hydrogens (tertiary/aromatic N) is 3. The van der Waals surface area contributed by atoms with Gasteiger partial charge >= 0.3 is 0 Å². The minimum Gasteiger partial charge on any atom is -0.456 e. The van der Waals surface area contributed by atoms with Crippen LogP contribution in [0.2, 0.25) is 0 Å². The number of furan rings is 1. The van der Waals surface area contributed by atoms with Gasteiger partial charge in [-0.3, -0.25) is 0 Å². The fourth-order valence-electron chi connectivity index (χ4n) is 14.0. The third-order valence-corrected chi connectivity index (χ3v) is 17.7. The standard InChI is InChI=1S/C68H68BN3O/c1-42-33-50-52(66(7,8)32-31-65(50,5)6)39-56(42)72-58-40-53-51(67(9,10)41-68(53,11)12)38-55(58)69-54-30-28-46(70(44-21-15-13-16-22-44)45-23-17-14-18-24-45)36-57(54)71(59-34-43(64(2,3)4)35-60(72)63(59)69)47-27-29-49-48-25-19-20-26-61(48)73-62(49)37-47/h13-30,33-40H,31-32,41H2,1-12H3. The summed E-state index contributed by atoms with van der Waals surface area (Å²) in [7, 11) is 0. The van der Waals surface area contributed by atoms with Gasteiger partial charge in [-0.05, 0) is 182 Å². The molecule has 0 spiro atoms. The van der Waals surface area contributed by atoms with E-state index in [9.17, 15) is 0 Å². The molecule has 0 radical (unpaired) electrons. The number of fused-ring (bicyclic) bond motifs is 9. The van der Waals surface area contributed by atoms with Crippen LogP contribution in [0, 0.1) is 6.92 Å². The maximum atomic E-state index is 6.74. The van der Waals surface area contributed by atoms with E-state index in [-0.39, 0.29) is 33.8 Å². The van der Waals surface area contributed by atoms with Crippen LogP contribution in [0.3, 0.4) is 0 Å². The lowest BCUT2D eigenvalue weighted by atomic mass is 9.33. The molecule has 0 saturated heterocycles. The number of benzene rings is 8. The Morgan fingerprint density at radius 1 is 0.466 bits per heavy atom. The lowest BCUT2D eigenvalue weighted by molar-refractivity contribution is 0.332. The first-order chi connectivity index (χ1) is 34.7. The van der Waals surface area contributed by atoms with E-state index in [1.54, 1.807) is 0 Å². The van der Waals surface area contributed by atoms with Gasteiger partial charge in [-0.1, -0.05) is 149 Å². The topological polar surface area (TPSA) is 22.9 Å². The molecule has 5 heteroatoms. The molecule has 1 aromatic heterocycles. The molecule has 4 aliphatic rings. The number of aryl methyl sites for hydroxylation is 1. The quantitative estimate of drug-likeness (QED) is 0.160. The van der Waals surface area contributed by atoms with Crippen LogP contribution >= 0.6 is 0 Å². The van der Waals surface area contributed by atoms with Crippen LogP contribution in [-0.4, -0.2) is 6.71 Å². The lowest BCUT2D eigenvalue weighted by Crippen LogP contribution is -2.61. The number of hydrogen-bond donors (Lipinski definition) is 0. The first-order valence-electron chi connectivity index (χ1n) is 26.8. The van der Waals surface area contributed by atoms with Crippen molar-refractivity contribution in [3.63, 3.8) is 0 Å². The third kappa shape index (κ3) is 6.93. The van der Waals surface area contributed by atoms with Crippen LogP contribution in [0.15, 0.2) is 162 Å². The van der Waals surface area contributed by atoms with Crippen LogP contribution in [0.1, 0.15) is 129 Å². The Labute approximate surface area is 433 Å². The van der Waals surface area contributed by atoms with Gasteiger partial charge in [0.05, 0.1) is 0 Å². The van der Waals surface area contributed by atoms with E-state index in [1.165, 1.54) is 84.6 Å². The van der Waals surface area contributed by atoms with Crippen LogP contribution < -0.4 is 31.1 Å². The van der Waals surface area contributed by atoms with Crippen molar-refractivity contribution in [2.75, 3.05) is 14.7 Å². The van der Waals surface area contributed by atoms with E-state index < -0.39 is 0 Å². The lowest BCUT2D eigenvalue weighted by Gasteiger charge is -2.47. The van der Waals surface area contributed by atoms with Gasteiger partial charge in [0.25, 0.3) is 6.71 Å². The SMILES string of the molecule is Cc1cc2c(cc1N1c3cc4c(cc3B3c5ccc(N(c6ccccc6)c6ccccc6)cc5N(c5ccc6c(c5)oc5ccccc56)c5cc(C(C)(C)C)cc1c53)C(C)(C)CC4(C)C)C(C)(C)CCC2(C)C. The van der Waals surface area contributed by atoms with Crippen LogP contribution in [0.4, 0.5) is 51.2 Å². The Hall–Kier alpha value is -6.98. The highest BCUT2D eigenvalue weighted by Crippen LogP contribution is 2.55. The van der Waals surface area contributed by atoms with Crippen LogP contribution in [0.5, 0.6) is 0 Å². The van der Waals surface area contributed by atoms with E-state index in [0.29, 0.717) is 0 Å². The minimum atomic E-state index is -0.165. The van der Waals surface area contributed by atoms with Gasteiger partial charge in [0, 0.05) is 68.0 Å². The zero-order valence-corrected chi connectivity index (χ0v) is 45.0. The second kappa shape index (κ2) is 15.5. The van der Waals surface area contributed by atoms with Crippen LogP contribution in [-0.2, 0) is 27.1 Å². The molecule has 0 saturated carbocycles. The fourth-order valence-corrected chi connectivity index (χ4v) is 14.0. The highest BCUT2D eigenvalue weighted by Gasteiger charge is 2.49. The van der Waals surface area contributed by atoms with E-state index >= 15 is 0 Å².